The highest BCUT2D eigenvalue weighted by Crippen LogP contribution is 1.81. The van der Waals surface area contributed by atoms with Crippen molar-refractivity contribution in [2.45, 2.75) is 0 Å². The first-order valence-corrected chi connectivity index (χ1v) is 1.82. The fourth-order valence-corrected chi connectivity index (χ4v) is 0.150. The lowest BCUT2D eigenvalue weighted by Gasteiger charge is -1.96. The molecule has 0 saturated heterocycles. The van der Waals surface area contributed by atoms with Gasteiger partial charge in [-0.05, 0) is 0 Å². The molecule has 0 saturated carbocycles. The van der Waals surface area contributed by atoms with Gasteiger partial charge in [-0.2, -0.15) is 0 Å². The van der Waals surface area contributed by atoms with E-state index < -0.39 is 5.95 Å². The fraction of sp³-hybridized carbons (Fsp3) is 0.500. The molecule has 2 N–H and O–H groups in total. The highest BCUT2D eigenvalue weighted by Gasteiger charge is 1.82. The second kappa shape index (κ2) is 3.49. The van der Waals surface area contributed by atoms with Crippen molar-refractivity contribution in [3.8, 4) is 0 Å². The Kier molecular flexibility index (Phi) is 3.14. The summed E-state index contributed by atoms with van der Waals surface area (Å²) >= 11 is 0. The van der Waals surface area contributed by atoms with Crippen LogP contribution in [0.25, 0.3) is 0 Å². The van der Waals surface area contributed by atoms with Gasteiger partial charge in [0.25, 0.3) is 5.95 Å². The van der Waals surface area contributed by atoms with Crippen molar-refractivity contribution < 1.29 is 14.9 Å². The summed E-state index contributed by atoms with van der Waals surface area (Å²) in [6.07, 6.45) is 0. The summed E-state index contributed by atoms with van der Waals surface area (Å²) in [6.45, 7) is 4.52. The van der Waals surface area contributed by atoms with Crippen LogP contribution in [0.2, 0.25) is 0 Å². The molecule has 3 heteroatoms. The lowest BCUT2D eigenvalue weighted by molar-refractivity contribution is 0.0667. The highest BCUT2D eigenvalue weighted by molar-refractivity contribution is 4.55. The van der Waals surface area contributed by atoms with Gasteiger partial charge in [0.05, 0.1) is 6.61 Å². The standard InChI is InChI=1S/C4H7O3/c1-4(6)7-3-2-5/h1,5-6H,2-3H2. The number of hydrogen-bond acceptors (Lipinski definition) is 3. The Bertz CT molecular complexity index is 60.0. The minimum absolute atomic E-state index is 0.0440. The van der Waals surface area contributed by atoms with Crippen molar-refractivity contribution in [2.75, 3.05) is 13.2 Å². The lowest BCUT2D eigenvalue weighted by Crippen LogP contribution is -1.96. The first kappa shape index (κ1) is 6.30. The molecule has 7 heavy (non-hydrogen) atoms. The molecule has 3 nitrogen and oxygen atoms in total. The number of rotatable bonds is 3. The summed E-state index contributed by atoms with van der Waals surface area (Å²) in [5.74, 6) is -0.603. The van der Waals surface area contributed by atoms with Crippen LogP contribution in [0.1, 0.15) is 0 Å². The quantitative estimate of drug-likeness (QED) is 0.487. The van der Waals surface area contributed by atoms with E-state index in [0.29, 0.717) is 0 Å². The lowest BCUT2D eigenvalue weighted by atomic mass is 10.8. The summed E-state index contributed by atoms with van der Waals surface area (Å²) in [4.78, 5) is 0. The molecule has 0 amide bonds. The normalized spacial score (nSPS) is 8.14. The molecule has 0 atom stereocenters. The zero-order valence-corrected chi connectivity index (χ0v) is 3.79. The zero-order valence-electron chi connectivity index (χ0n) is 3.79. The second-order valence-electron chi connectivity index (χ2n) is 0.910. The van der Waals surface area contributed by atoms with Crippen LogP contribution in [0.3, 0.4) is 0 Å². The molecule has 0 fully saturated rings. The Morgan fingerprint density at radius 1 is 1.71 bits per heavy atom. The summed E-state index contributed by atoms with van der Waals surface area (Å²) in [5.41, 5.74) is 0. The number of ether oxygens (including phenoxy) is 1. The largest absolute Gasteiger partial charge is 0.481 e. The zero-order chi connectivity index (χ0) is 5.70. The van der Waals surface area contributed by atoms with Crippen molar-refractivity contribution >= 4 is 0 Å². The van der Waals surface area contributed by atoms with Crippen molar-refractivity contribution in [1.82, 2.24) is 0 Å². The minimum Gasteiger partial charge on any atom is -0.481 e. The summed E-state index contributed by atoms with van der Waals surface area (Å²) in [6, 6.07) is 0. The van der Waals surface area contributed by atoms with E-state index in [1.807, 2.05) is 0 Å². The number of aliphatic hydroxyl groups excluding tert-OH is 2. The van der Waals surface area contributed by atoms with E-state index >= 15 is 0 Å². The molecule has 0 spiro atoms. The smallest absolute Gasteiger partial charge is 0.276 e. The van der Waals surface area contributed by atoms with Gasteiger partial charge >= 0.3 is 0 Å². The maximum atomic E-state index is 8.04. The Morgan fingerprint density at radius 2 is 2.29 bits per heavy atom. The van der Waals surface area contributed by atoms with Crippen LogP contribution in [-0.2, 0) is 4.74 Å². The van der Waals surface area contributed by atoms with Crippen LogP contribution in [0, 0.1) is 6.58 Å². The van der Waals surface area contributed by atoms with Crippen LogP contribution in [0.5, 0.6) is 0 Å². The van der Waals surface area contributed by atoms with Gasteiger partial charge in [0.1, 0.15) is 6.61 Å². The SMILES string of the molecule is [CH]=C(O)OCCO. The van der Waals surface area contributed by atoms with Gasteiger partial charge in [0.2, 0.25) is 0 Å². The van der Waals surface area contributed by atoms with Gasteiger partial charge in [0, 0.05) is 6.58 Å². The van der Waals surface area contributed by atoms with Crippen molar-refractivity contribution in [1.29, 1.82) is 0 Å². The van der Waals surface area contributed by atoms with Crippen molar-refractivity contribution in [3.05, 3.63) is 12.5 Å². The third-order valence-corrected chi connectivity index (χ3v) is 0.341. The van der Waals surface area contributed by atoms with E-state index in [2.05, 4.69) is 11.3 Å². The molecule has 41 valence electrons. The van der Waals surface area contributed by atoms with Gasteiger partial charge in [0.15, 0.2) is 0 Å². The fourth-order valence-electron chi connectivity index (χ4n) is 0.150. The van der Waals surface area contributed by atoms with Gasteiger partial charge in [-0.15, -0.1) is 0 Å². The topological polar surface area (TPSA) is 49.7 Å². The van der Waals surface area contributed by atoms with E-state index in [9.17, 15) is 0 Å². The maximum Gasteiger partial charge on any atom is 0.276 e. The van der Waals surface area contributed by atoms with Crippen LogP contribution in [-0.4, -0.2) is 23.4 Å². The van der Waals surface area contributed by atoms with Crippen molar-refractivity contribution in [2.24, 2.45) is 0 Å². The molecule has 1 radical (unpaired) electrons. The van der Waals surface area contributed by atoms with Crippen LogP contribution in [0.15, 0.2) is 5.95 Å². The van der Waals surface area contributed by atoms with Crippen molar-refractivity contribution in [3.63, 3.8) is 0 Å². The van der Waals surface area contributed by atoms with E-state index in [1.165, 1.54) is 0 Å². The molecule has 0 unspecified atom stereocenters. The molecule has 0 aromatic carbocycles. The molecule has 0 aliphatic carbocycles. The number of hydrogen-bond donors (Lipinski definition) is 2. The van der Waals surface area contributed by atoms with E-state index in [1.54, 1.807) is 0 Å². The van der Waals surface area contributed by atoms with Crippen LogP contribution >= 0.6 is 0 Å². The van der Waals surface area contributed by atoms with Crippen LogP contribution < -0.4 is 0 Å². The summed E-state index contributed by atoms with van der Waals surface area (Å²) < 4.78 is 4.19. The molecular formula is C4H7O3. The highest BCUT2D eigenvalue weighted by atomic mass is 16.6. The molecule has 0 heterocycles. The Labute approximate surface area is 41.8 Å². The van der Waals surface area contributed by atoms with E-state index in [-0.39, 0.29) is 13.2 Å². The first-order valence-electron chi connectivity index (χ1n) is 1.82. The molecular weight excluding hydrogens is 96.0 g/mol. The van der Waals surface area contributed by atoms with Gasteiger partial charge < -0.3 is 14.9 Å². The average Bonchev–Trinajstić information content (AvgIpc) is 1.61. The predicted molar refractivity (Wildman–Crippen MR) is 23.5 cm³/mol. The third kappa shape index (κ3) is 5.30. The minimum atomic E-state index is -0.603. The average molecular weight is 103 g/mol. The number of aliphatic hydroxyl groups is 2. The molecule has 0 bridgehead atoms. The monoisotopic (exact) mass is 103 g/mol. The van der Waals surface area contributed by atoms with Gasteiger partial charge in [-0.1, -0.05) is 0 Å². The molecule has 0 aliphatic rings. The van der Waals surface area contributed by atoms with Gasteiger partial charge in [-0.3, -0.25) is 0 Å². The Balaban J connectivity index is 2.82. The predicted octanol–water partition coefficient (Wildman–Crippen LogP) is -0.172. The maximum absolute atomic E-state index is 8.04. The molecule has 0 rings (SSSR count). The first-order chi connectivity index (χ1) is 3.27. The third-order valence-electron chi connectivity index (χ3n) is 0.341. The Morgan fingerprint density at radius 3 is 2.43 bits per heavy atom. The summed E-state index contributed by atoms with van der Waals surface area (Å²) in [7, 11) is 0. The Hall–Kier alpha value is -0.700. The molecule has 0 aromatic rings. The molecule has 0 aromatic heterocycles. The van der Waals surface area contributed by atoms with Crippen LogP contribution in [0.4, 0.5) is 0 Å². The van der Waals surface area contributed by atoms with E-state index in [4.69, 9.17) is 10.2 Å². The summed E-state index contributed by atoms with van der Waals surface area (Å²) in [5, 5.41) is 16.1. The molecule has 0 aliphatic heterocycles. The van der Waals surface area contributed by atoms with E-state index in [0.717, 1.165) is 0 Å². The second-order valence-corrected chi connectivity index (χ2v) is 0.910. The van der Waals surface area contributed by atoms with Gasteiger partial charge in [-0.25, -0.2) is 0 Å².